The molecule has 2 rings (SSSR count). The third kappa shape index (κ3) is 2.33. The highest BCUT2D eigenvalue weighted by Crippen LogP contribution is 2.20. The lowest BCUT2D eigenvalue weighted by atomic mass is 10.2. The van der Waals surface area contributed by atoms with E-state index in [0.29, 0.717) is 12.6 Å². The molecule has 88 valence electrons. The van der Waals surface area contributed by atoms with Gasteiger partial charge in [0.25, 0.3) is 0 Å². The summed E-state index contributed by atoms with van der Waals surface area (Å²) in [6.07, 6.45) is 3.06. The van der Waals surface area contributed by atoms with Crippen LogP contribution in [-0.4, -0.2) is 43.1 Å². The van der Waals surface area contributed by atoms with E-state index in [1.54, 1.807) is 0 Å². The fourth-order valence-electron chi connectivity index (χ4n) is 2.13. The van der Waals surface area contributed by atoms with Gasteiger partial charge in [0.2, 0.25) is 0 Å². The first kappa shape index (κ1) is 11.4. The van der Waals surface area contributed by atoms with Crippen molar-refractivity contribution in [3.63, 3.8) is 0 Å². The lowest BCUT2D eigenvalue weighted by Crippen LogP contribution is -2.31. The normalized spacial score (nSPS) is 20.8. The molecule has 1 aromatic heterocycles. The van der Waals surface area contributed by atoms with Gasteiger partial charge >= 0.3 is 0 Å². The molecular weight excluding hydrogens is 200 g/mol. The van der Waals surface area contributed by atoms with E-state index < -0.39 is 0 Å². The fourth-order valence-corrected chi connectivity index (χ4v) is 2.13. The standard InChI is InChI=1S/C12H20N4/c1-15(2)11-4-6-16(9-11)12-7-10(8-13)3-5-14-12/h3,5,7,11H,4,6,8-9,13H2,1-2H3. The van der Waals surface area contributed by atoms with Gasteiger partial charge in [-0.1, -0.05) is 0 Å². The first-order valence-electron chi connectivity index (χ1n) is 5.77. The van der Waals surface area contributed by atoms with E-state index in [1.807, 2.05) is 12.3 Å². The molecule has 0 amide bonds. The molecule has 0 aromatic carbocycles. The van der Waals surface area contributed by atoms with Gasteiger partial charge in [-0.15, -0.1) is 0 Å². The van der Waals surface area contributed by atoms with Crippen LogP contribution in [0.1, 0.15) is 12.0 Å². The zero-order chi connectivity index (χ0) is 11.5. The van der Waals surface area contributed by atoms with Crippen molar-refractivity contribution in [2.45, 2.75) is 19.0 Å². The summed E-state index contributed by atoms with van der Waals surface area (Å²) in [5.74, 6) is 1.06. The molecule has 1 aliphatic rings. The maximum absolute atomic E-state index is 5.64. The number of aromatic nitrogens is 1. The number of pyridine rings is 1. The van der Waals surface area contributed by atoms with Gasteiger partial charge in [0.1, 0.15) is 5.82 Å². The Morgan fingerprint density at radius 1 is 1.56 bits per heavy atom. The minimum atomic E-state index is 0.584. The number of likely N-dealkylation sites (N-methyl/N-ethyl adjacent to an activating group) is 1. The molecule has 0 spiro atoms. The summed E-state index contributed by atoms with van der Waals surface area (Å²) in [7, 11) is 4.27. The predicted octanol–water partition coefficient (Wildman–Crippen LogP) is 0.681. The van der Waals surface area contributed by atoms with Crippen LogP contribution in [0.25, 0.3) is 0 Å². The second-order valence-electron chi connectivity index (χ2n) is 4.58. The summed E-state index contributed by atoms with van der Waals surface area (Å²) < 4.78 is 0. The van der Waals surface area contributed by atoms with Gasteiger partial charge in [0.05, 0.1) is 0 Å². The van der Waals surface area contributed by atoms with Crippen molar-refractivity contribution in [2.24, 2.45) is 5.73 Å². The van der Waals surface area contributed by atoms with Gasteiger partial charge in [0.15, 0.2) is 0 Å². The highest BCUT2D eigenvalue weighted by atomic mass is 15.3. The van der Waals surface area contributed by atoms with E-state index in [9.17, 15) is 0 Å². The molecule has 0 radical (unpaired) electrons. The Labute approximate surface area is 97.1 Å². The molecule has 4 nitrogen and oxygen atoms in total. The van der Waals surface area contributed by atoms with Gasteiger partial charge in [-0.2, -0.15) is 0 Å². The zero-order valence-corrected chi connectivity index (χ0v) is 10.1. The van der Waals surface area contributed by atoms with Crippen LogP contribution in [0.15, 0.2) is 18.3 Å². The van der Waals surface area contributed by atoms with E-state index >= 15 is 0 Å². The van der Waals surface area contributed by atoms with Crippen molar-refractivity contribution < 1.29 is 0 Å². The highest BCUT2D eigenvalue weighted by Gasteiger charge is 2.24. The van der Waals surface area contributed by atoms with E-state index in [1.165, 1.54) is 6.42 Å². The summed E-state index contributed by atoms with van der Waals surface area (Å²) in [5, 5.41) is 0. The molecule has 16 heavy (non-hydrogen) atoms. The largest absolute Gasteiger partial charge is 0.355 e. The molecule has 1 fully saturated rings. The van der Waals surface area contributed by atoms with Crippen molar-refractivity contribution in [3.05, 3.63) is 23.9 Å². The van der Waals surface area contributed by atoms with Crippen LogP contribution >= 0.6 is 0 Å². The lowest BCUT2D eigenvalue weighted by molar-refractivity contribution is 0.315. The topological polar surface area (TPSA) is 45.4 Å². The van der Waals surface area contributed by atoms with Crippen molar-refractivity contribution >= 4 is 5.82 Å². The van der Waals surface area contributed by atoms with Crippen LogP contribution in [0, 0.1) is 0 Å². The number of nitrogens with two attached hydrogens (primary N) is 1. The Hall–Kier alpha value is -1.13. The van der Waals surface area contributed by atoms with Crippen LogP contribution in [0.3, 0.4) is 0 Å². The van der Waals surface area contributed by atoms with Crippen LogP contribution in [0.4, 0.5) is 5.82 Å². The first-order valence-corrected chi connectivity index (χ1v) is 5.77. The van der Waals surface area contributed by atoms with Gasteiger partial charge in [0, 0.05) is 31.9 Å². The van der Waals surface area contributed by atoms with Crippen LogP contribution in [0.5, 0.6) is 0 Å². The second kappa shape index (κ2) is 4.80. The maximum Gasteiger partial charge on any atom is 0.128 e. The number of nitrogens with zero attached hydrogens (tertiary/aromatic N) is 3. The number of rotatable bonds is 3. The molecule has 1 atom stereocenters. The summed E-state index contributed by atoms with van der Waals surface area (Å²) in [5.41, 5.74) is 6.79. The predicted molar refractivity (Wildman–Crippen MR) is 66.4 cm³/mol. The van der Waals surface area contributed by atoms with Crippen molar-refractivity contribution in [2.75, 3.05) is 32.1 Å². The average Bonchev–Trinajstić information content (AvgIpc) is 2.78. The molecule has 2 heterocycles. The zero-order valence-electron chi connectivity index (χ0n) is 10.1. The molecule has 0 bridgehead atoms. The fraction of sp³-hybridized carbons (Fsp3) is 0.583. The monoisotopic (exact) mass is 220 g/mol. The summed E-state index contributed by atoms with van der Waals surface area (Å²) in [6, 6.07) is 4.71. The first-order chi connectivity index (χ1) is 7.70. The third-order valence-electron chi connectivity index (χ3n) is 3.26. The van der Waals surface area contributed by atoms with Gasteiger partial charge in [-0.3, -0.25) is 0 Å². The van der Waals surface area contributed by atoms with Gasteiger partial charge in [-0.25, -0.2) is 4.98 Å². The summed E-state index contributed by atoms with van der Waals surface area (Å²) in [4.78, 5) is 9.04. The molecule has 1 saturated heterocycles. The van der Waals surface area contributed by atoms with Gasteiger partial charge in [-0.05, 0) is 38.2 Å². The molecule has 1 aromatic rings. The molecule has 1 aliphatic heterocycles. The smallest absolute Gasteiger partial charge is 0.128 e. The van der Waals surface area contributed by atoms with Crippen LogP contribution in [0.2, 0.25) is 0 Å². The van der Waals surface area contributed by atoms with Crippen LogP contribution < -0.4 is 10.6 Å². The number of hydrogen-bond donors (Lipinski definition) is 1. The van der Waals surface area contributed by atoms with E-state index in [-0.39, 0.29) is 0 Å². The SMILES string of the molecule is CN(C)C1CCN(c2cc(CN)ccn2)C1. The van der Waals surface area contributed by atoms with Crippen molar-refractivity contribution in [3.8, 4) is 0 Å². The Morgan fingerprint density at radius 2 is 2.38 bits per heavy atom. The second-order valence-corrected chi connectivity index (χ2v) is 4.58. The van der Waals surface area contributed by atoms with Crippen molar-refractivity contribution in [1.82, 2.24) is 9.88 Å². The Bertz CT molecular complexity index is 351. The summed E-state index contributed by atoms with van der Waals surface area (Å²) in [6.45, 7) is 2.73. The molecule has 1 unspecified atom stereocenters. The molecule has 0 aliphatic carbocycles. The molecule has 4 heteroatoms. The van der Waals surface area contributed by atoms with Gasteiger partial charge < -0.3 is 15.5 Å². The minimum absolute atomic E-state index is 0.584. The number of hydrogen-bond acceptors (Lipinski definition) is 4. The molecule has 2 N–H and O–H groups in total. The van der Waals surface area contributed by atoms with Crippen LogP contribution in [-0.2, 0) is 6.54 Å². The number of anilines is 1. The quantitative estimate of drug-likeness (QED) is 0.813. The average molecular weight is 220 g/mol. The third-order valence-corrected chi connectivity index (χ3v) is 3.26. The minimum Gasteiger partial charge on any atom is -0.355 e. The Kier molecular flexibility index (Phi) is 3.41. The molecule has 0 saturated carbocycles. The maximum atomic E-state index is 5.64. The van der Waals surface area contributed by atoms with Crippen molar-refractivity contribution in [1.29, 1.82) is 0 Å². The Balaban J connectivity index is 2.08. The van der Waals surface area contributed by atoms with E-state index in [4.69, 9.17) is 5.73 Å². The van der Waals surface area contributed by atoms with E-state index in [2.05, 4.69) is 34.9 Å². The molecular formula is C12H20N4. The summed E-state index contributed by atoms with van der Waals surface area (Å²) >= 11 is 0. The highest BCUT2D eigenvalue weighted by molar-refractivity contribution is 5.42. The lowest BCUT2D eigenvalue weighted by Gasteiger charge is -2.21. The van der Waals surface area contributed by atoms with E-state index in [0.717, 1.165) is 24.5 Å². The Morgan fingerprint density at radius 3 is 3.00 bits per heavy atom.